The summed E-state index contributed by atoms with van der Waals surface area (Å²) in [5, 5.41) is 3.57. The molecule has 1 saturated carbocycles. The summed E-state index contributed by atoms with van der Waals surface area (Å²) in [6, 6.07) is 1.61. The molecule has 3 rings (SSSR count). The highest BCUT2D eigenvalue weighted by Crippen LogP contribution is 2.46. The minimum absolute atomic E-state index is 0.733. The molecular formula is C15H28N2. The minimum Gasteiger partial charge on any atom is -0.314 e. The Balaban J connectivity index is 1.53. The predicted octanol–water partition coefficient (Wildman–Crippen LogP) is 2.78. The van der Waals surface area contributed by atoms with Gasteiger partial charge in [-0.05, 0) is 70.5 Å². The summed E-state index contributed by atoms with van der Waals surface area (Å²) in [4.78, 5) is 2.81. The van der Waals surface area contributed by atoms with Crippen molar-refractivity contribution in [3.05, 3.63) is 0 Å². The van der Waals surface area contributed by atoms with Crippen molar-refractivity contribution < 1.29 is 0 Å². The zero-order valence-electron chi connectivity index (χ0n) is 11.4. The van der Waals surface area contributed by atoms with E-state index in [0.717, 1.165) is 17.5 Å². The molecule has 1 N–H and O–H groups in total. The molecule has 0 aromatic carbocycles. The topological polar surface area (TPSA) is 15.3 Å². The lowest BCUT2D eigenvalue weighted by molar-refractivity contribution is 0.0584. The number of hydrogen-bond acceptors (Lipinski definition) is 2. The van der Waals surface area contributed by atoms with E-state index in [-0.39, 0.29) is 0 Å². The van der Waals surface area contributed by atoms with Crippen LogP contribution in [-0.2, 0) is 0 Å². The Hall–Kier alpha value is -0.0800. The summed E-state index contributed by atoms with van der Waals surface area (Å²) >= 11 is 0. The molecule has 3 fully saturated rings. The van der Waals surface area contributed by atoms with Crippen molar-refractivity contribution in [1.82, 2.24) is 10.2 Å². The van der Waals surface area contributed by atoms with Crippen molar-refractivity contribution in [3.63, 3.8) is 0 Å². The van der Waals surface area contributed by atoms with Crippen molar-refractivity contribution in [2.75, 3.05) is 19.6 Å². The Morgan fingerprint density at radius 3 is 2.41 bits per heavy atom. The van der Waals surface area contributed by atoms with E-state index >= 15 is 0 Å². The van der Waals surface area contributed by atoms with E-state index in [0.29, 0.717) is 0 Å². The van der Waals surface area contributed by atoms with Crippen LogP contribution in [0.25, 0.3) is 0 Å². The second-order valence-corrected chi connectivity index (χ2v) is 6.78. The van der Waals surface area contributed by atoms with Crippen LogP contribution in [0.15, 0.2) is 0 Å². The standard InChI is InChI=1S/C15H28N2/c1-13-12-14(4-9-16-13)17-10-7-15(8-11-17)5-2-3-6-15/h13-14,16H,2-12H2,1H3. The summed E-state index contributed by atoms with van der Waals surface area (Å²) in [6.45, 7) is 6.34. The summed E-state index contributed by atoms with van der Waals surface area (Å²) < 4.78 is 0. The van der Waals surface area contributed by atoms with Gasteiger partial charge in [0.25, 0.3) is 0 Å². The smallest absolute Gasteiger partial charge is 0.0122 e. The van der Waals surface area contributed by atoms with Gasteiger partial charge in [0.1, 0.15) is 0 Å². The fourth-order valence-electron chi connectivity index (χ4n) is 4.43. The van der Waals surface area contributed by atoms with Crippen LogP contribution >= 0.6 is 0 Å². The molecule has 2 nitrogen and oxygen atoms in total. The lowest BCUT2D eigenvalue weighted by Gasteiger charge is -2.45. The summed E-state index contributed by atoms with van der Waals surface area (Å²) in [7, 11) is 0. The molecule has 0 radical (unpaired) electrons. The second kappa shape index (κ2) is 4.89. The van der Waals surface area contributed by atoms with Gasteiger partial charge >= 0.3 is 0 Å². The van der Waals surface area contributed by atoms with E-state index in [1.165, 1.54) is 71.0 Å². The number of nitrogens with zero attached hydrogens (tertiary/aromatic N) is 1. The Kier molecular flexibility index (Phi) is 3.45. The van der Waals surface area contributed by atoms with Gasteiger partial charge in [-0.1, -0.05) is 12.8 Å². The molecule has 2 atom stereocenters. The van der Waals surface area contributed by atoms with Crippen molar-refractivity contribution in [2.45, 2.75) is 70.4 Å². The van der Waals surface area contributed by atoms with Gasteiger partial charge in [-0.3, -0.25) is 0 Å². The third kappa shape index (κ3) is 2.53. The van der Waals surface area contributed by atoms with Crippen molar-refractivity contribution >= 4 is 0 Å². The number of hydrogen-bond donors (Lipinski definition) is 1. The van der Waals surface area contributed by atoms with E-state index in [2.05, 4.69) is 17.1 Å². The molecule has 2 unspecified atom stereocenters. The first-order valence-electron chi connectivity index (χ1n) is 7.75. The van der Waals surface area contributed by atoms with Crippen LogP contribution in [0.3, 0.4) is 0 Å². The molecule has 2 saturated heterocycles. The SMILES string of the molecule is CC1CC(N2CCC3(CCCC3)CC2)CCN1. The number of rotatable bonds is 1. The maximum Gasteiger partial charge on any atom is 0.0122 e. The molecule has 0 amide bonds. The van der Waals surface area contributed by atoms with E-state index in [1.807, 2.05) is 0 Å². The van der Waals surface area contributed by atoms with E-state index < -0.39 is 0 Å². The number of piperidine rings is 2. The number of nitrogens with one attached hydrogen (secondary N) is 1. The van der Waals surface area contributed by atoms with Crippen LogP contribution in [0.2, 0.25) is 0 Å². The fourth-order valence-corrected chi connectivity index (χ4v) is 4.43. The number of likely N-dealkylation sites (tertiary alicyclic amines) is 1. The van der Waals surface area contributed by atoms with Gasteiger partial charge in [0.05, 0.1) is 0 Å². The van der Waals surface area contributed by atoms with Crippen LogP contribution in [0, 0.1) is 5.41 Å². The largest absolute Gasteiger partial charge is 0.314 e. The van der Waals surface area contributed by atoms with Crippen molar-refractivity contribution in [3.8, 4) is 0 Å². The van der Waals surface area contributed by atoms with Gasteiger partial charge in [-0.2, -0.15) is 0 Å². The molecule has 1 spiro atoms. The molecule has 2 aliphatic heterocycles. The molecule has 0 aromatic heterocycles. The first kappa shape index (κ1) is 12.0. The molecule has 1 aliphatic carbocycles. The Labute approximate surface area is 106 Å². The first-order chi connectivity index (χ1) is 8.27. The maximum atomic E-state index is 3.57. The first-order valence-corrected chi connectivity index (χ1v) is 7.75. The normalized spacial score (nSPS) is 38.6. The zero-order valence-corrected chi connectivity index (χ0v) is 11.4. The van der Waals surface area contributed by atoms with Crippen LogP contribution in [0.5, 0.6) is 0 Å². The Bertz CT molecular complexity index is 248. The van der Waals surface area contributed by atoms with Crippen LogP contribution in [-0.4, -0.2) is 36.6 Å². The lowest BCUT2D eigenvalue weighted by Crippen LogP contribution is -2.50. The van der Waals surface area contributed by atoms with Gasteiger partial charge in [-0.25, -0.2) is 0 Å². The summed E-state index contributed by atoms with van der Waals surface area (Å²) in [5.74, 6) is 0. The van der Waals surface area contributed by atoms with Gasteiger partial charge in [0, 0.05) is 12.1 Å². The molecular weight excluding hydrogens is 208 g/mol. The molecule has 17 heavy (non-hydrogen) atoms. The van der Waals surface area contributed by atoms with Crippen molar-refractivity contribution in [1.29, 1.82) is 0 Å². The van der Waals surface area contributed by atoms with Gasteiger partial charge in [-0.15, -0.1) is 0 Å². The van der Waals surface area contributed by atoms with Gasteiger partial charge in [0.2, 0.25) is 0 Å². The fraction of sp³-hybridized carbons (Fsp3) is 1.00. The molecule has 2 heteroatoms. The molecule has 3 aliphatic rings. The average Bonchev–Trinajstić information content (AvgIpc) is 2.79. The van der Waals surface area contributed by atoms with Crippen LogP contribution in [0.1, 0.15) is 58.3 Å². The van der Waals surface area contributed by atoms with Crippen LogP contribution < -0.4 is 5.32 Å². The Morgan fingerprint density at radius 1 is 1.06 bits per heavy atom. The highest BCUT2D eigenvalue weighted by Gasteiger charge is 2.38. The summed E-state index contributed by atoms with van der Waals surface area (Å²) in [5.41, 5.74) is 0.787. The highest BCUT2D eigenvalue weighted by atomic mass is 15.2. The second-order valence-electron chi connectivity index (χ2n) is 6.78. The Morgan fingerprint density at radius 2 is 1.76 bits per heavy atom. The third-order valence-electron chi connectivity index (χ3n) is 5.64. The van der Waals surface area contributed by atoms with Gasteiger partial charge in [0.15, 0.2) is 0 Å². The monoisotopic (exact) mass is 236 g/mol. The molecule has 0 bridgehead atoms. The minimum atomic E-state index is 0.733. The lowest BCUT2D eigenvalue weighted by atomic mass is 9.76. The quantitative estimate of drug-likeness (QED) is 0.753. The van der Waals surface area contributed by atoms with E-state index in [4.69, 9.17) is 0 Å². The van der Waals surface area contributed by atoms with E-state index in [9.17, 15) is 0 Å². The van der Waals surface area contributed by atoms with Gasteiger partial charge < -0.3 is 10.2 Å². The average molecular weight is 236 g/mol. The third-order valence-corrected chi connectivity index (χ3v) is 5.64. The maximum absolute atomic E-state index is 3.57. The highest BCUT2D eigenvalue weighted by molar-refractivity contribution is 4.92. The zero-order chi connectivity index (χ0) is 11.7. The molecule has 0 aromatic rings. The predicted molar refractivity (Wildman–Crippen MR) is 72.2 cm³/mol. The van der Waals surface area contributed by atoms with E-state index in [1.54, 1.807) is 0 Å². The molecule has 98 valence electrons. The summed E-state index contributed by atoms with van der Waals surface area (Å²) in [6.07, 6.45) is 11.8. The van der Waals surface area contributed by atoms with Crippen LogP contribution in [0.4, 0.5) is 0 Å². The van der Waals surface area contributed by atoms with Crippen molar-refractivity contribution in [2.24, 2.45) is 5.41 Å². The molecule has 2 heterocycles.